The predicted octanol–water partition coefficient (Wildman–Crippen LogP) is 4.84. The topological polar surface area (TPSA) is 113 Å². The van der Waals surface area contributed by atoms with Crippen molar-refractivity contribution in [3.05, 3.63) is 83.2 Å². The van der Waals surface area contributed by atoms with Gasteiger partial charge in [0.25, 0.3) is 5.91 Å². The van der Waals surface area contributed by atoms with Crippen LogP contribution in [-0.2, 0) is 10.0 Å². The number of nitrogens with one attached hydrogen (secondary N) is 3. The fourth-order valence-electron chi connectivity index (χ4n) is 4.16. The summed E-state index contributed by atoms with van der Waals surface area (Å²) in [7, 11) is -0.656. The molecular formula is C27H28N4O4S. The van der Waals surface area contributed by atoms with Gasteiger partial charge in [0.05, 0.1) is 12.0 Å². The number of H-pyrrole nitrogens is 1. The summed E-state index contributed by atoms with van der Waals surface area (Å²) in [5.74, 6) is 0.863. The summed E-state index contributed by atoms with van der Waals surface area (Å²) in [6.45, 7) is 5.83. The van der Waals surface area contributed by atoms with Gasteiger partial charge in [0.2, 0.25) is 10.0 Å². The first kappa shape index (κ1) is 25.2. The summed E-state index contributed by atoms with van der Waals surface area (Å²) in [4.78, 5) is 20.9. The lowest BCUT2D eigenvalue weighted by atomic mass is 9.92. The number of carbonyl (C=O) groups is 1. The fraction of sp³-hybridized carbons (Fsp3) is 0.185. The molecule has 0 saturated carbocycles. The molecule has 1 amide bonds. The molecule has 0 unspecified atom stereocenters. The van der Waals surface area contributed by atoms with Gasteiger partial charge in [-0.25, -0.2) is 18.1 Å². The van der Waals surface area contributed by atoms with Gasteiger partial charge in [-0.1, -0.05) is 30.3 Å². The van der Waals surface area contributed by atoms with Crippen LogP contribution in [0.25, 0.3) is 22.5 Å². The number of benzene rings is 3. The SMILES string of the molecule is CNS(=O)(=O)c1cccc(NC(=O)c2nc(-c3ccc(OC)c(-c4ccccc4C)c3C)[nH]c2C)c1. The first-order valence-electron chi connectivity index (χ1n) is 11.3. The van der Waals surface area contributed by atoms with Crippen molar-refractivity contribution in [2.75, 3.05) is 19.5 Å². The highest BCUT2D eigenvalue weighted by Gasteiger charge is 2.21. The molecule has 4 rings (SSSR count). The standard InChI is InChI=1S/C27H28N4O4S/c1-16-9-6-7-12-21(16)24-17(2)22(13-14-23(24)35-5)26-29-18(3)25(31-26)27(32)30-19-10-8-11-20(15-19)36(33,34)28-4/h6-15,28H,1-5H3,(H,29,31)(H,30,32). The lowest BCUT2D eigenvalue weighted by molar-refractivity contribution is 0.102. The van der Waals surface area contributed by atoms with Crippen LogP contribution < -0.4 is 14.8 Å². The molecule has 0 radical (unpaired) electrons. The number of aromatic amines is 1. The monoisotopic (exact) mass is 504 g/mol. The van der Waals surface area contributed by atoms with Gasteiger partial charge in [-0.2, -0.15) is 0 Å². The number of amides is 1. The van der Waals surface area contributed by atoms with Gasteiger partial charge in [-0.3, -0.25) is 4.79 Å². The average Bonchev–Trinajstić information content (AvgIpc) is 3.25. The Morgan fingerprint density at radius 1 is 0.972 bits per heavy atom. The number of methoxy groups -OCH3 is 1. The van der Waals surface area contributed by atoms with E-state index in [1.54, 1.807) is 26.2 Å². The number of imidazole rings is 1. The Morgan fingerprint density at radius 3 is 2.42 bits per heavy atom. The van der Waals surface area contributed by atoms with E-state index < -0.39 is 15.9 Å². The Kier molecular flexibility index (Phi) is 6.96. The number of aromatic nitrogens is 2. The summed E-state index contributed by atoms with van der Waals surface area (Å²) in [6.07, 6.45) is 0. The Hall–Kier alpha value is -3.95. The van der Waals surface area contributed by atoms with Crippen molar-refractivity contribution >= 4 is 21.6 Å². The third-order valence-electron chi connectivity index (χ3n) is 6.09. The van der Waals surface area contributed by atoms with Crippen molar-refractivity contribution in [2.24, 2.45) is 0 Å². The lowest BCUT2D eigenvalue weighted by Gasteiger charge is -2.16. The maximum atomic E-state index is 13.0. The van der Waals surface area contributed by atoms with Crippen LogP contribution in [0, 0.1) is 20.8 Å². The van der Waals surface area contributed by atoms with Crippen molar-refractivity contribution in [1.82, 2.24) is 14.7 Å². The van der Waals surface area contributed by atoms with Crippen LogP contribution in [0.4, 0.5) is 5.69 Å². The zero-order valence-electron chi connectivity index (χ0n) is 20.8. The van der Waals surface area contributed by atoms with E-state index in [0.29, 0.717) is 17.2 Å². The van der Waals surface area contributed by atoms with Crippen LogP contribution >= 0.6 is 0 Å². The highest BCUT2D eigenvalue weighted by Crippen LogP contribution is 2.39. The van der Waals surface area contributed by atoms with E-state index >= 15 is 0 Å². The number of aryl methyl sites for hydroxylation is 2. The third kappa shape index (κ3) is 4.75. The van der Waals surface area contributed by atoms with E-state index in [-0.39, 0.29) is 10.6 Å². The smallest absolute Gasteiger partial charge is 0.276 e. The molecule has 0 aliphatic heterocycles. The lowest BCUT2D eigenvalue weighted by Crippen LogP contribution is -2.19. The number of anilines is 1. The van der Waals surface area contributed by atoms with E-state index in [9.17, 15) is 13.2 Å². The van der Waals surface area contributed by atoms with E-state index in [4.69, 9.17) is 4.74 Å². The molecule has 0 fully saturated rings. The molecule has 0 aliphatic rings. The van der Waals surface area contributed by atoms with Gasteiger partial charge in [0.1, 0.15) is 17.3 Å². The molecule has 0 atom stereocenters. The second kappa shape index (κ2) is 9.96. The number of hydrogen-bond donors (Lipinski definition) is 3. The van der Waals surface area contributed by atoms with E-state index in [2.05, 4.69) is 39.1 Å². The maximum absolute atomic E-state index is 13.0. The minimum atomic E-state index is -3.64. The number of hydrogen-bond acceptors (Lipinski definition) is 5. The molecule has 0 bridgehead atoms. The average molecular weight is 505 g/mol. The van der Waals surface area contributed by atoms with Crippen LogP contribution in [0.2, 0.25) is 0 Å². The van der Waals surface area contributed by atoms with Crippen molar-refractivity contribution in [3.8, 4) is 28.3 Å². The molecule has 1 aromatic heterocycles. The van der Waals surface area contributed by atoms with E-state index in [1.807, 2.05) is 31.2 Å². The van der Waals surface area contributed by atoms with Gasteiger partial charge in [-0.05, 0) is 74.8 Å². The van der Waals surface area contributed by atoms with Crippen LogP contribution in [0.15, 0.2) is 65.6 Å². The van der Waals surface area contributed by atoms with Gasteiger partial charge in [0, 0.05) is 22.5 Å². The van der Waals surface area contributed by atoms with Crippen molar-refractivity contribution in [1.29, 1.82) is 0 Å². The molecule has 0 spiro atoms. The number of rotatable bonds is 7. The predicted molar refractivity (Wildman–Crippen MR) is 141 cm³/mol. The zero-order chi connectivity index (χ0) is 26.0. The first-order valence-corrected chi connectivity index (χ1v) is 12.8. The van der Waals surface area contributed by atoms with Gasteiger partial charge < -0.3 is 15.0 Å². The molecule has 4 aromatic rings. The highest BCUT2D eigenvalue weighted by atomic mass is 32.2. The van der Waals surface area contributed by atoms with Crippen molar-refractivity contribution in [3.63, 3.8) is 0 Å². The van der Waals surface area contributed by atoms with Crippen LogP contribution in [-0.4, -0.2) is 38.5 Å². The zero-order valence-corrected chi connectivity index (χ0v) is 21.6. The quantitative estimate of drug-likeness (QED) is 0.333. The Bertz CT molecular complexity index is 1560. The molecule has 0 saturated heterocycles. The molecule has 1 heterocycles. The summed E-state index contributed by atoms with van der Waals surface area (Å²) < 4.78 is 32.1. The maximum Gasteiger partial charge on any atom is 0.276 e. The molecular weight excluding hydrogens is 476 g/mol. The first-order chi connectivity index (χ1) is 17.2. The number of sulfonamides is 1. The molecule has 3 aromatic carbocycles. The van der Waals surface area contributed by atoms with Crippen LogP contribution in [0.5, 0.6) is 5.75 Å². The Morgan fingerprint density at radius 2 is 1.72 bits per heavy atom. The van der Waals surface area contributed by atoms with Gasteiger partial charge in [0.15, 0.2) is 0 Å². The minimum Gasteiger partial charge on any atom is -0.496 e. The molecule has 36 heavy (non-hydrogen) atoms. The van der Waals surface area contributed by atoms with Crippen LogP contribution in [0.1, 0.15) is 27.3 Å². The summed E-state index contributed by atoms with van der Waals surface area (Å²) in [6, 6.07) is 18.0. The van der Waals surface area contributed by atoms with E-state index in [1.165, 1.54) is 19.2 Å². The van der Waals surface area contributed by atoms with Gasteiger partial charge in [-0.15, -0.1) is 0 Å². The minimum absolute atomic E-state index is 0.0554. The van der Waals surface area contributed by atoms with Crippen molar-refractivity contribution in [2.45, 2.75) is 25.7 Å². The largest absolute Gasteiger partial charge is 0.496 e. The Labute approximate surface area is 210 Å². The molecule has 186 valence electrons. The van der Waals surface area contributed by atoms with E-state index in [0.717, 1.165) is 33.6 Å². The van der Waals surface area contributed by atoms with Crippen molar-refractivity contribution < 1.29 is 17.9 Å². The highest BCUT2D eigenvalue weighted by molar-refractivity contribution is 7.89. The molecule has 8 nitrogen and oxygen atoms in total. The second-order valence-electron chi connectivity index (χ2n) is 8.38. The molecule has 0 aliphatic carbocycles. The van der Waals surface area contributed by atoms with Gasteiger partial charge >= 0.3 is 0 Å². The fourth-order valence-corrected chi connectivity index (χ4v) is 4.94. The molecule has 9 heteroatoms. The number of nitrogens with zero attached hydrogens (tertiary/aromatic N) is 1. The van der Waals surface area contributed by atoms with Crippen LogP contribution in [0.3, 0.4) is 0 Å². The number of carbonyl (C=O) groups excluding carboxylic acids is 1. The molecule has 3 N–H and O–H groups in total. The normalized spacial score (nSPS) is 11.4. The number of ether oxygens (including phenoxy) is 1. The summed E-state index contributed by atoms with van der Waals surface area (Å²) >= 11 is 0. The second-order valence-corrected chi connectivity index (χ2v) is 10.3. The summed E-state index contributed by atoms with van der Waals surface area (Å²) in [5, 5.41) is 2.74. The third-order valence-corrected chi connectivity index (χ3v) is 7.50. The summed E-state index contributed by atoms with van der Waals surface area (Å²) in [5.41, 5.74) is 6.13. The Balaban J connectivity index is 1.70.